The molecule has 1 amide bonds. The van der Waals surface area contributed by atoms with Gasteiger partial charge in [-0.15, -0.1) is 0 Å². The molecule has 0 atom stereocenters. The van der Waals surface area contributed by atoms with Gasteiger partial charge in [0.1, 0.15) is 5.82 Å². The van der Waals surface area contributed by atoms with Crippen molar-refractivity contribution in [2.24, 2.45) is 0 Å². The van der Waals surface area contributed by atoms with Crippen molar-refractivity contribution in [3.63, 3.8) is 0 Å². The molecule has 0 unspecified atom stereocenters. The van der Waals surface area contributed by atoms with Crippen LogP contribution in [0.2, 0.25) is 0 Å². The third kappa shape index (κ3) is 3.72. The van der Waals surface area contributed by atoms with Gasteiger partial charge in [-0.25, -0.2) is 4.39 Å². The van der Waals surface area contributed by atoms with E-state index in [1.54, 1.807) is 12.1 Å². The molecular weight excluding hydrogens is 345 g/mol. The molecule has 5 nitrogen and oxygen atoms in total. The summed E-state index contributed by atoms with van der Waals surface area (Å²) in [4.78, 5) is 17.0. The van der Waals surface area contributed by atoms with E-state index >= 15 is 0 Å². The van der Waals surface area contributed by atoms with Crippen LogP contribution in [0.1, 0.15) is 19.3 Å². The van der Waals surface area contributed by atoms with Gasteiger partial charge in [-0.05, 0) is 37.1 Å². The molecular formula is C21H26FN3O2. The third-order valence-corrected chi connectivity index (χ3v) is 5.88. The Morgan fingerprint density at radius 3 is 2.33 bits per heavy atom. The zero-order valence-corrected chi connectivity index (χ0v) is 15.5. The Hall–Kier alpha value is -2.34. The minimum absolute atomic E-state index is 0.179. The average molecular weight is 371 g/mol. The van der Waals surface area contributed by atoms with Crippen LogP contribution >= 0.6 is 0 Å². The Balaban J connectivity index is 1.41. The molecule has 4 rings (SSSR count). The first-order valence-corrected chi connectivity index (χ1v) is 9.66. The van der Waals surface area contributed by atoms with Gasteiger partial charge in [-0.1, -0.05) is 12.1 Å². The van der Waals surface area contributed by atoms with Crippen molar-refractivity contribution in [3.8, 4) is 0 Å². The number of carbonyl (C=O) groups excluding carboxylic acids is 1. The Morgan fingerprint density at radius 2 is 1.67 bits per heavy atom. The second-order valence-electron chi connectivity index (χ2n) is 7.42. The van der Waals surface area contributed by atoms with Crippen molar-refractivity contribution in [3.05, 3.63) is 54.6 Å². The SMILES string of the molecule is O=C(CC1(n2cccc2)CCOCC1)N1CCN(c2ccccc2F)CC1. The van der Waals surface area contributed by atoms with Crippen LogP contribution in [0, 0.1) is 5.82 Å². The molecule has 6 heteroatoms. The van der Waals surface area contributed by atoms with Crippen molar-refractivity contribution in [1.29, 1.82) is 0 Å². The lowest BCUT2D eigenvalue weighted by Gasteiger charge is -2.41. The lowest BCUT2D eigenvalue weighted by atomic mass is 9.85. The van der Waals surface area contributed by atoms with Crippen molar-refractivity contribution in [2.45, 2.75) is 24.8 Å². The van der Waals surface area contributed by atoms with Crippen molar-refractivity contribution >= 4 is 11.6 Å². The molecule has 2 aliphatic heterocycles. The highest BCUT2D eigenvalue weighted by atomic mass is 19.1. The average Bonchev–Trinajstić information content (AvgIpc) is 3.25. The summed E-state index contributed by atoms with van der Waals surface area (Å²) in [5.74, 6) is -0.0233. The maximum atomic E-state index is 14.0. The number of piperazine rings is 1. The quantitative estimate of drug-likeness (QED) is 0.829. The largest absolute Gasteiger partial charge is 0.381 e. The minimum atomic E-state index is -0.203. The van der Waals surface area contributed by atoms with Crippen molar-refractivity contribution < 1.29 is 13.9 Å². The highest BCUT2D eigenvalue weighted by Crippen LogP contribution is 2.34. The van der Waals surface area contributed by atoms with E-state index in [-0.39, 0.29) is 17.3 Å². The Bertz CT molecular complexity index is 763. The number of rotatable bonds is 4. The van der Waals surface area contributed by atoms with E-state index in [4.69, 9.17) is 4.74 Å². The second kappa shape index (κ2) is 7.72. The molecule has 2 aliphatic rings. The van der Waals surface area contributed by atoms with Crippen LogP contribution in [0.4, 0.5) is 10.1 Å². The van der Waals surface area contributed by atoms with Crippen molar-refractivity contribution in [2.75, 3.05) is 44.3 Å². The van der Waals surface area contributed by atoms with Crippen LogP contribution in [0.25, 0.3) is 0 Å². The van der Waals surface area contributed by atoms with Gasteiger partial charge < -0.3 is 19.1 Å². The topological polar surface area (TPSA) is 37.7 Å². The van der Waals surface area contributed by atoms with E-state index in [0.717, 1.165) is 12.8 Å². The number of hydrogen-bond acceptors (Lipinski definition) is 3. The number of amides is 1. The summed E-state index contributed by atoms with van der Waals surface area (Å²) in [5.41, 5.74) is 0.430. The summed E-state index contributed by atoms with van der Waals surface area (Å²) < 4.78 is 21.7. The lowest BCUT2D eigenvalue weighted by molar-refractivity contribution is -0.135. The van der Waals surface area contributed by atoms with Gasteiger partial charge in [-0.3, -0.25) is 4.79 Å². The summed E-state index contributed by atoms with van der Waals surface area (Å²) in [5, 5.41) is 0. The molecule has 1 aromatic heterocycles. The number of hydrogen-bond donors (Lipinski definition) is 0. The van der Waals surface area contributed by atoms with Gasteiger partial charge >= 0.3 is 0 Å². The summed E-state index contributed by atoms with van der Waals surface area (Å²) in [7, 11) is 0. The van der Waals surface area contributed by atoms with E-state index in [9.17, 15) is 9.18 Å². The van der Waals surface area contributed by atoms with E-state index < -0.39 is 0 Å². The van der Waals surface area contributed by atoms with Gasteiger partial charge in [0, 0.05) is 51.8 Å². The van der Waals surface area contributed by atoms with Crippen LogP contribution < -0.4 is 4.90 Å². The molecule has 0 saturated carbocycles. The number of benzene rings is 1. The molecule has 3 heterocycles. The Labute approximate surface area is 159 Å². The smallest absolute Gasteiger partial charge is 0.225 e. The highest BCUT2D eigenvalue weighted by molar-refractivity contribution is 5.77. The normalized spacial score (nSPS) is 19.9. The third-order valence-electron chi connectivity index (χ3n) is 5.88. The fourth-order valence-corrected chi connectivity index (χ4v) is 4.23. The molecule has 0 N–H and O–H groups in total. The molecule has 2 saturated heterocycles. The van der Waals surface area contributed by atoms with Crippen LogP contribution in [0.15, 0.2) is 48.8 Å². The predicted molar refractivity (Wildman–Crippen MR) is 102 cm³/mol. The number of halogens is 1. The summed E-state index contributed by atoms with van der Waals surface area (Å²) in [6, 6.07) is 10.9. The number of anilines is 1. The number of aromatic nitrogens is 1. The maximum absolute atomic E-state index is 14.0. The molecule has 2 aromatic rings. The second-order valence-corrected chi connectivity index (χ2v) is 7.42. The van der Waals surface area contributed by atoms with Gasteiger partial charge in [0.15, 0.2) is 0 Å². The predicted octanol–water partition coefficient (Wildman–Crippen LogP) is 2.87. The number of ether oxygens (including phenoxy) is 1. The van der Waals surface area contributed by atoms with Gasteiger partial charge in [0.25, 0.3) is 0 Å². The van der Waals surface area contributed by atoms with Gasteiger partial charge in [0.2, 0.25) is 5.91 Å². The number of carbonyl (C=O) groups is 1. The van der Waals surface area contributed by atoms with E-state index in [1.165, 1.54) is 6.07 Å². The Morgan fingerprint density at radius 1 is 1.00 bits per heavy atom. The highest BCUT2D eigenvalue weighted by Gasteiger charge is 2.37. The summed E-state index contributed by atoms with van der Waals surface area (Å²) in [6.07, 6.45) is 6.29. The number of nitrogens with zero attached hydrogens (tertiary/aromatic N) is 3. The van der Waals surface area contributed by atoms with Crippen LogP contribution in [0.3, 0.4) is 0 Å². The molecule has 27 heavy (non-hydrogen) atoms. The molecule has 0 radical (unpaired) electrons. The molecule has 2 fully saturated rings. The fraction of sp³-hybridized carbons (Fsp3) is 0.476. The monoisotopic (exact) mass is 371 g/mol. The minimum Gasteiger partial charge on any atom is -0.381 e. The standard InChI is InChI=1S/C21H26FN3O2/c22-18-5-1-2-6-19(18)23-11-13-24(14-12-23)20(26)17-21(7-15-27-16-8-21)25-9-3-4-10-25/h1-6,9-10H,7-8,11-17H2. The summed E-state index contributed by atoms with van der Waals surface area (Å²) in [6.45, 7) is 3.95. The zero-order valence-electron chi connectivity index (χ0n) is 15.5. The van der Waals surface area contributed by atoms with Gasteiger partial charge in [0.05, 0.1) is 17.6 Å². The molecule has 144 valence electrons. The van der Waals surface area contributed by atoms with E-state index in [2.05, 4.69) is 17.0 Å². The van der Waals surface area contributed by atoms with Gasteiger partial charge in [-0.2, -0.15) is 0 Å². The molecule has 0 spiro atoms. The van der Waals surface area contributed by atoms with E-state index in [0.29, 0.717) is 51.5 Å². The number of para-hydroxylation sites is 1. The van der Waals surface area contributed by atoms with Crippen molar-refractivity contribution in [1.82, 2.24) is 9.47 Å². The Kier molecular flexibility index (Phi) is 5.16. The van der Waals surface area contributed by atoms with Crippen LogP contribution in [-0.4, -0.2) is 54.8 Å². The first kappa shape index (κ1) is 18.0. The first-order chi connectivity index (χ1) is 13.2. The lowest BCUT2D eigenvalue weighted by Crippen LogP contribution is -2.51. The fourth-order valence-electron chi connectivity index (χ4n) is 4.23. The molecule has 0 aliphatic carbocycles. The summed E-state index contributed by atoms with van der Waals surface area (Å²) >= 11 is 0. The maximum Gasteiger partial charge on any atom is 0.225 e. The zero-order chi connectivity index (χ0) is 18.7. The molecule has 0 bridgehead atoms. The molecule has 1 aromatic carbocycles. The van der Waals surface area contributed by atoms with Crippen LogP contribution in [-0.2, 0) is 15.1 Å². The first-order valence-electron chi connectivity index (χ1n) is 9.66. The van der Waals surface area contributed by atoms with E-state index in [1.807, 2.05) is 28.0 Å². The van der Waals surface area contributed by atoms with Crippen LogP contribution in [0.5, 0.6) is 0 Å².